The van der Waals surface area contributed by atoms with Gasteiger partial charge in [0.15, 0.2) is 0 Å². The van der Waals surface area contributed by atoms with Crippen LogP contribution in [0.5, 0.6) is 0 Å². The molecule has 0 aromatic heterocycles. The van der Waals surface area contributed by atoms with Crippen LogP contribution in [0.15, 0.2) is 10.1 Å². The molecule has 0 aliphatic heterocycles. The largest absolute Gasteiger partial charge is 0.396 e. The van der Waals surface area contributed by atoms with E-state index in [2.05, 4.69) is 0 Å². The maximum Gasteiger partial charge on any atom is 0.104 e. The molecule has 0 spiro atoms. The molecule has 0 heterocycles. The Kier molecular flexibility index (Phi) is 3.24. The van der Waals surface area contributed by atoms with Gasteiger partial charge in [-0.3, -0.25) is 0 Å². The number of alkyl halides is 2. The van der Waals surface area contributed by atoms with Crippen LogP contribution in [0.4, 0.5) is 0 Å². The van der Waals surface area contributed by atoms with Crippen molar-refractivity contribution < 1.29 is 10.2 Å². The van der Waals surface area contributed by atoms with E-state index in [1.54, 1.807) is 0 Å². The molecular weight excluding hydrogens is 294 g/mol. The monoisotopic (exact) mass is 304 g/mol. The predicted molar refractivity (Wildman–Crippen MR) is 66.2 cm³/mol. The summed E-state index contributed by atoms with van der Waals surface area (Å²) in [5.41, 5.74) is -0.663. The molecule has 0 aromatic carbocycles. The van der Waals surface area contributed by atoms with Gasteiger partial charge in [0.2, 0.25) is 0 Å². The van der Waals surface area contributed by atoms with E-state index >= 15 is 0 Å². The number of allylic oxidation sites excluding steroid dienone is 2. The molecule has 2 bridgehead atoms. The molecule has 0 amide bonds. The van der Waals surface area contributed by atoms with Crippen molar-refractivity contribution in [3.8, 4) is 0 Å². The molecule has 1 saturated carbocycles. The Morgan fingerprint density at radius 1 is 1.12 bits per heavy atom. The first-order valence-corrected chi connectivity index (χ1v) is 6.54. The number of aliphatic hydroxyl groups is 2. The lowest BCUT2D eigenvalue weighted by atomic mass is 9.75. The second-order valence-corrected chi connectivity index (χ2v) is 6.44. The second-order valence-electron chi connectivity index (χ2n) is 4.62. The van der Waals surface area contributed by atoms with Crippen molar-refractivity contribution in [2.45, 2.75) is 17.2 Å². The average Bonchev–Trinajstić information content (AvgIpc) is 2.52. The van der Waals surface area contributed by atoms with Crippen LogP contribution in [0.1, 0.15) is 6.92 Å². The molecule has 92 valence electrons. The smallest absolute Gasteiger partial charge is 0.104 e. The lowest BCUT2D eigenvalue weighted by molar-refractivity contribution is 0.0872. The fraction of sp³-hybridized carbons (Fsp3) is 0.800. The molecule has 0 saturated heterocycles. The van der Waals surface area contributed by atoms with E-state index in [1.807, 2.05) is 6.92 Å². The normalized spacial score (nSPS) is 51.6. The van der Waals surface area contributed by atoms with Crippen LogP contribution >= 0.6 is 46.4 Å². The minimum absolute atomic E-state index is 0.125. The molecule has 6 heteroatoms. The standard InChI is InChI=1S/C10H12Cl4O2/c1-9-4(2-15)5(3-16)10(14,8(9)13)7(12)6(9)11/h4-5,8,15-16H,2-3H2,1H3. The lowest BCUT2D eigenvalue weighted by Crippen LogP contribution is -2.39. The summed E-state index contributed by atoms with van der Waals surface area (Å²) in [5.74, 6) is -0.644. The molecule has 1 fully saturated rings. The van der Waals surface area contributed by atoms with E-state index in [4.69, 9.17) is 46.4 Å². The Balaban J connectivity index is 2.61. The minimum Gasteiger partial charge on any atom is -0.396 e. The highest BCUT2D eigenvalue weighted by Crippen LogP contribution is 2.70. The van der Waals surface area contributed by atoms with Gasteiger partial charge >= 0.3 is 0 Å². The Morgan fingerprint density at radius 3 is 2.06 bits per heavy atom. The van der Waals surface area contributed by atoms with Gasteiger partial charge in [-0.25, -0.2) is 0 Å². The van der Waals surface area contributed by atoms with Gasteiger partial charge in [0.25, 0.3) is 0 Å². The van der Waals surface area contributed by atoms with Crippen LogP contribution in [-0.2, 0) is 0 Å². The van der Waals surface area contributed by atoms with E-state index in [1.165, 1.54) is 0 Å². The van der Waals surface area contributed by atoms with E-state index < -0.39 is 15.7 Å². The van der Waals surface area contributed by atoms with Crippen molar-refractivity contribution in [3.05, 3.63) is 10.1 Å². The average molecular weight is 306 g/mol. The maximum absolute atomic E-state index is 9.44. The zero-order chi connectivity index (χ0) is 12.3. The Hall–Kier alpha value is 0.820. The van der Waals surface area contributed by atoms with E-state index in [-0.39, 0.29) is 25.0 Å². The van der Waals surface area contributed by atoms with Crippen LogP contribution < -0.4 is 0 Å². The van der Waals surface area contributed by atoms with Gasteiger partial charge < -0.3 is 10.2 Å². The first-order valence-electron chi connectivity index (χ1n) is 4.97. The Labute approximate surface area is 114 Å². The van der Waals surface area contributed by atoms with Crippen molar-refractivity contribution in [1.82, 2.24) is 0 Å². The van der Waals surface area contributed by atoms with Crippen molar-refractivity contribution in [2.75, 3.05) is 13.2 Å². The van der Waals surface area contributed by atoms with Gasteiger partial charge in [-0.05, 0) is 0 Å². The quantitative estimate of drug-likeness (QED) is 0.770. The zero-order valence-electron chi connectivity index (χ0n) is 8.55. The summed E-state index contributed by atoms with van der Waals surface area (Å²) in [4.78, 5) is -1.06. The van der Waals surface area contributed by atoms with Gasteiger partial charge in [0, 0.05) is 35.5 Å². The fourth-order valence-electron chi connectivity index (χ4n) is 3.05. The van der Waals surface area contributed by atoms with Crippen LogP contribution in [0.25, 0.3) is 0 Å². The lowest BCUT2D eigenvalue weighted by Gasteiger charge is -2.36. The first kappa shape index (κ1) is 13.3. The van der Waals surface area contributed by atoms with Crippen LogP contribution in [0.2, 0.25) is 0 Å². The number of aliphatic hydroxyl groups excluding tert-OH is 2. The summed E-state index contributed by atoms with van der Waals surface area (Å²) in [7, 11) is 0. The van der Waals surface area contributed by atoms with Gasteiger partial charge in [0.1, 0.15) is 4.87 Å². The number of halogens is 4. The van der Waals surface area contributed by atoms with E-state index in [0.29, 0.717) is 10.1 Å². The van der Waals surface area contributed by atoms with Crippen molar-refractivity contribution in [3.63, 3.8) is 0 Å². The summed E-state index contributed by atoms with van der Waals surface area (Å²) in [6, 6.07) is 0. The topological polar surface area (TPSA) is 40.5 Å². The van der Waals surface area contributed by atoms with Gasteiger partial charge in [-0.15, -0.1) is 23.2 Å². The number of hydrogen-bond acceptors (Lipinski definition) is 2. The van der Waals surface area contributed by atoms with Crippen molar-refractivity contribution >= 4 is 46.4 Å². The highest BCUT2D eigenvalue weighted by Gasteiger charge is 2.72. The van der Waals surface area contributed by atoms with E-state index in [9.17, 15) is 10.2 Å². The number of hydrogen-bond donors (Lipinski definition) is 2. The summed E-state index contributed by atoms with van der Waals surface area (Å²) in [6.45, 7) is 1.53. The zero-order valence-corrected chi connectivity index (χ0v) is 11.6. The highest BCUT2D eigenvalue weighted by atomic mass is 35.5. The van der Waals surface area contributed by atoms with Gasteiger partial charge in [-0.1, -0.05) is 30.1 Å². The molecular formula is C10H12Cl4O2. The summed E-state index contributed by atoms with van der Waals surface area (Å²) < 4.78 is 0. The number of fused-ring (bicyclic) bond motifs is 2. The fourth-order valence-corrected chi connectivity index (χ4v) is 5.16. The molecule has 2 N–H and O–H groups in total. The molecule has 2 rings (SSSR count). The second kappa shape index (κ2) is 3.91. The Bertz CT molecular complexity index is 327. The summed E-state index contributed by atoms with van der Waals surface area (Å²) in [5, 5.41) is 19.1. The molecule has 2 aliphatic carbocycles. The third-order valence-electron chi connectivity index (χ3n) is 4.09. The molecule has 5 unspecified atom stereocenters. The SMILES string of the molecule is CC12C(Cl)=C(Cl)C(Cl)(C(CO)C1CO)C2Cl. The van der Waals surface area contributed by atoms with Crippen molar-refractivity contribution in [1.29, 1.82) is 0 Å². The number of rotatable bonds is 2. The molecule has 16 heavy (non-hydrogen) atoms. The van der Waals surface area contributed by atoms with Crippen LogP contribution in [-0.4, -0.2) is 33.7 Å². The molecule has 0 aromatic rings. The summed E-state index contributed by atoms with van der Waals surface area (Å²) >= 11 is 25.1. The third-order valence-corrected chi connectivity index (χ3v) is 6.97. The van der Waals surface area contributed by atoms with Crippen molar-refractivity contribution in [2.24, 2.45) is 17.3 Å². The predicted octanol–water partition coefficient (Wildman–Crippen LogP) is 2.51. The summed E-state index contributed by atoms with van der Waals surface area (Å²) in [6.07, 6.45) is 0. The van der Waals surface area contributed by atoms with Gasteiger partial charge in [-0.2, -0.15) is 0 Å². The molecule has 5 atom stereocenters. The third kappa shape index (κ3) is 1.19. The maximum atomic E-state index is 9.44. The molecule has 2 aliphatic rings. The van der Waals surface area contributed by atoms with Crippen LogP contribution in [0, 0.1) is 17.3 Å². The molecule has 2 nitrogen and oxygen atoms in total. The first-order chi connectivity index (χ1) is 7.36. The van der Waals surface area contributed by atoms with E-state index in [0.717, 1.165) is 0 Å². The van der Waals surface area contributed by atoms with Gasteiger partial charge in [0.05, 0.1) is 10.4 Å². The minimum atomic E-state index is -1.06. The Morgan fingerprint density at radius 2 is 1.62 bits per heavy atom. The van der Waals surface area contributed by atoms with Crippen LogP contribution in [0.3, 0.4) is 0 Å². The molecule has 0 radical (unpaired) electrons. The highest BCUT2D eigenvalue weighted by molar-refractivity contribution is 6.50.